The maximum Gasteiger partial charge on any atom is 0.325 e. The molecule has 2 aromatic heterocycles. The third-order valence-corrected chi connectivity index (χ3v) is 6.37. The maximum atomic E-state index is 12.8. The van der Waals surface area contributed by atoms with E-state index in [1.54, 1.807) is 23.7 Å². The number of aromatic nitrogens is 3. The first-order valence-corrected chi connectivity index (χ1v) is 11.4. The Morgan fingerprint density at radius 1 is 1.28 bits per heavy atom. The second-order valence-electron chi connectivity index (χ2n) is 6.35. The first-order chi connectivity index (χ1) is 13.6. The Labute approximate surface area is 171 Å². The van der Waals surface area contributed by atoms with E-state index >= 15 is 0 Å². The Morgan fingerprint density at radius 2 is 2.00 bits per heavy atom. The molecule has 9 nitrogen and oxygen atoms in total. The summed E-state index contributed by atoms with van der Waals surface area (Å²) in [6.45, 7) is 4.00. The van der Waals surface area contributed by atoms with Gasteiger partial charge in [0.15, 0.2) is 14.6 Å². The maximum absolute atomic E-state index is 12.8. The number of sulfone groups is 1. The van der Waals surface area contributed by atoms with E-state index in [4.69, 9.17) is 4.74 Å². The minimum Gasteiger partial charge on any atom is -0.468 e. The molecule has 0 bridgehead atoms. The van der Waals surface area contributed by atoms with Crippen LogP contribution in [0.3, 0.4) is 0 Å². The van der Waals surface area contributed by atoms with E-state index in [2.05, 4.69) is 10.1 Å². The van der Waals surface area contributed by atoms with Gasteiger partial charge in [0, 0.05) is 12.8 Å². The highest BCUT2D eigenvalue weighted by molar-refractivity contribution is 7.90. The lowest BCUT2D eigenvalue weighted by molar-refractivity contribution is -0.141. The Morgan fingerprint density at radius 3 is 2.62 bits per heavy atom. The number of hydrogen-bond donors (Lipinski definition) is 0. The van der Waals surface area contributed by atoms with Crippen LogP contribution in [0.5, 0.6) is 0 Å². The minimum atomic E-state index is -3.40. The van der Waals surface area contributed by atoms with Crippen LogP contribution in [0, 0.1) is 6.92 Å². The van der Waals surface area contributed by atoms with Crippen LogP contribution in [-0.2, 0) is 32.5 Å². The average molecular weight is 437 g/mol. The zero-order valence-corrected chi connectivity index (χ0v) is 18.0. The fourth-order valence-electron chi connectivity index (χ4n) is 2.82. The van der Waals surface area contributed by atoms with Crippen molar-refractivity contribution in [2.24, 2.45) is 4.99 Å². The zero-order chi connectivity index (χ0) is 21.3. The molecule has 1 aromatic carbocycles. The highest BCUT2D eigenvalue weighted by Gasteiger charge is 2.17. The Balaban J connectivity index is 2.21. The van der Waals surface area contributed by atoms with E-state index in [1.165, 1.54) is 23.8 Å². The van der Waals surface area contributed by atoms with Crippen LogP contribution in [0.1, 0.15) is 23.1 Å². The summed E-state index contributed by atoms with van der Waals surface area (Å²) in [6, 6.07) is 6.20. The number of fused-ring (bicyclic) bond motifs is 1. The number of hydrogen-bond acceptors (Lipinski definition) is 7. The van der Waals surface area contributed by atoms with Gasteiger partial charge in [-0.05, 0) is 38.1 Å². The molecule has 3 aromatic rings. The molecule has 0 radical (unpaired) electrons. The van der Waals surface area contributed by atoms with Crippen molar-refractivity contribution in [1.29, 1.82) is 0 Å². The number of esters is 1. The summed E-state index contributed by atoms with van der Waals surface area (Å²) in [4.78, 5) is 29.3. The molecule has 0 spiro atoms. The highest BCUT2D eigenvalue weighted by atomic mass is 32.2. The number of rotatable bonds is 5. The van der Waals surface area contributed by atoms with Gasteiger partial charge in [0.25, 0.3) is 5.91 Å². The topological polar surface area (TPSA) is 113 Å². The monoisotopic (exact) mass is 436 g/mol. The third kappa shape index (κ3) is 4.30. The summed E-state index contributed by atoms with van der Waals surface area (Å²) in [5.41, 5.74) is 1.62. The molecule has 0 aliphatic heterocycles. The van der Waals surface area contributed by atoms with Crippen LogP contribution < -0.4 is 4.80 Å². The molecule has 0 atom stereocenters. The van der Waals surface area contributed by atoms with Gasteiger partial charge in [0.1, 0.15) is 12.2 Å². The van der Waals surface area contributed by atoms with Gasteiger partial charge >= 0.3 is 5.97 Å². The second-order valence-corrected chi connectivity index (χ2v) is 9.38. The lowest BCUT2D eigenvalue weighted by atomic mass is 10.3. The Kier molecular flexibility index (Phi) is 5.71. The summed E-state index contributed by atoms with van der Waals surface area (Å²) in [7, 11) is -2.13. The van der Waals surface area contributed by atoms with Crippen LogP contribution >= 0.6 is 11.3 Å². The summed E-state index contributed by atoms with van der Waals surface area (Å²) in [5.74, 6) is -1.01. The van der Waals surface area contributed by atoms with E-state index in [-0.39, 0.29) is 16.2 Å². The van der Waals surface area contributed by atoms with Crippen molar-refractivity contribution < 1.29 is 22.7 Å². The molecule has 29 heavy (non-hydrogen) atoms. The number of ether oxygens (including phenoxy) is 1. The number of carbonyl (C=O) groups is 2. The van der Waals surface area contributed by atoms with Crippen molar-refractivity contribution in [1.82, 2.24) is 14.3 Å². The van der Waals surface area contributed by atoms with E-state index < -0.39 is 21.7 Å². The van der Waals surface area contributed by atoms with E-state index in [9.17, 15) is 18.0 Å². The fraction of sp³-hybridized carbons (Fsp3) is 0.333. The first-order valence-electron chi connectivity index (χ1n) is 8.67. The summed E-state index contributed by atoms with van der Waals surface area (Å²) >= 11 is 1.12. The number of carbonyl (C=O) groups excluding carboxylic acids is 2. The van der Waals surface area contributed by atoms with E-state index in [0.29, 0.717) is 28.1 Å². The third-order valence-electron chi connectivity index (χ3n) is 4.22. The largest absolute Gasteiger partial charge is 0.468 e. The van der Waals surface area contributed by atoms with Gasteiger partial charge in [-0.25, -0.2) is 8.42 Å². The molecule has 1 amide bonds. The summed E-state index contributed by atoms with van der Waals surface area (Å²) in [6.07, 6.45) is 1.12. The van der Waals surface area contributed by atoms with Crippen LogP contribution in [0.15, 0.2) is 34.2 Å². The number of methoxy groups -OCH3 is 1. The van der Waals surface area contributed by atoms with Crippen molar-refractivity contribution >= 4 is 43.3 Å². The highest BCUT2D eigenvalue weighted by Crippen LogP contribution is 2.22. The SMILES string of the molecule is CCn1nc(C)cc1C(=O)N=c1sc2cc(S(C)(=O)=O)ccc2n1CC(=O)OC. The number of benzene rings is 1. The molecule has 154 valence electrons. The molecule has 0 unspecified atom stereocenters. The van der Waals surface area contributed by atoms with Crippen molar-refractivity contribution in [2.75, 3.05) is 13.4 Å². The molecule has 0 aliphatic rings. The molecule has 0 fully saturated rings. The molecule has 11 heteroatoms. The van der Waals surface area contributed by atoms with E-state index in [0.717, 1.165) is 17.6 Å². The van der Waals surface area contributed by atoms with Crippen LogP contribution in [0.4, 0.5) is 0 Å². The Hall–Kier alpha value is -2.79. The van der Waals surface area contributed by atoms with Crippen molar-refractivity contribution in [2.45, 2.75) is 31.8 Å². The zero-order valence-electron chi connectivity index (χ0n) is 16.4. The smallest absolute Gasteiger partial charge is 0.325 e. The number of aryl methyl sites for hydroxylation is 2. The van der Waals surface area contributed by atoms with Crippen molar-refractivity contribution in [3.05, 3.63) is 40.5 Å². The van der Waals surface area contributed by atoms with Crippen LogP contribution in [0.2, 0.25) is 0 Å². The van der Waals surface area contributed by atoms with Crippen molar-refractivity contribution in [3.8, 4) is 0 Å². The number of amides is 1. The molecule has 0 saturated heterocycles. The number of thiazole rings is 1. The quantitative estimate of drug-likeness (QED) is 0.561. The van der Waals surface area contributed by atoms with E-state index in [1.807, 2.05) is 6.92 Å². The minimum absolute atomic E-state index is 0.147. The standard InChI is InChI=1S/C18H20N4O5S2/c1-5-22-14(8-11(2)20-22)17(24)19-18-21(10-16(23)27-3)13-7-6-12(29(4,25)26)9-15(13)28-18/h6-9H,5,10H2,1-4H3. The Bertz CT molecular complexity index is 1280. The molecule has 3 rings (SSSR count). The second kappa shape index (κ2) is 7.91. The van der Waals surface area contributed by atoms with Gasteiger partial charge in [-0.3, -0.25) is 14.3 Å². The molecular weight excluding hydrogens is 416 g/mol. The molecular formula is C18H20N4O5S2. The molecule has 0 aliphatic carbocycles. The van der Waals surface area contributed by atoms with Crippen LogP contribution in [0.25, 0.3) is 10.2 Å². The molecule has 0 N–H and O–H groups in total. The average Bonchev–Trinajstić information content (AvgIpc) is 3.20. The van der Waals surface area contributed by atoms with Gasteiger partial charge in [-0.1, -0.05) is 11.3 Å². The lowest BCUT2D eigenvalue weighted by Gasteiger charge is -2.04. The molecule has 0 saturated carbocycles. The molecule has 2 heterocycles. The summed E-state index contributed by atoms with van der Waals surface area (Å²) < 4.78 is 32.2. The first kappa shape index (κ1) is 20.9. The van der Waals surface area contributed by atoms with Gasteiger partial charge in [0.05, 0.1) is 27.9 Å². The van der Waals surface area contributed by atoms with Gasteiger partial charge in [-0.2, -0.15) is 10.1 Å². The predicted octanol–water partition coefficient (Wildman–Crippen LogP) is 1.55. The fourth-order valence-corrected chi connectivity index (χ4v) is 4.61. The van der Waals surface area contributed by atoms with Gasteiger partial charge in [-0.15, -0.1) is 0 Å². The van der Waals surface area contributed by atoms with Crippen LogP contribution in [-0.4, -0.2) is 48.0 Å². The lowest BCUT2D eigenvalue weighted by Crippen LogP contribution is -2.23. The number of nitrogens with zero attached hydrogens (tertiary/aromatic N) is 4. The normalized spacial score (nSPS) is 12.5. The van der Waals surface area contributed by atoms with Gasteiger partial charge in [0.2, 0.25) is 0 Å². The summed E-state index contributed by atoms with van der Waals surface area (Å²) in [5, 5.41) is 4.25. The van der Waals surface area contributed by atoms with Crippen molar-refractivity contribution in [3.63, 3.8) is 0 Å². The predicted molar refractivity (Wildman–Crippen MR) is 107 cm³/mol. The van der Waals surface area contributed by atoms with Gasteiger partial charge < -0.3 is 9.30 Å².